The Labute approximate surface area is 739 Å². The second-order valence-corrected chi connectivity index (χ2v) is 33.8. The summed E-state index contributed by atoms with van der Waals surface area (Å²) in [5, 5.41) is 20.5. The SMILES string of the molecule is CCCCN1C(=CC=C2C=C(C=Cc3oc4ccccc4[n+]3CCC)CC(C(=O)NCCCCCC(=O)O)(C(=O)NCCS(=O)(=O)O)C2)Oc2ccccc21.CCCCN1C(=CC=C2C=C(C=Cc3oc4ccccc4[n+]3CCC)CC(C(=O)NCCCCCC(=O)ON3C(=O)CCC3=O)(C(=O)NCCS(=O)(=O)O)C2)Oc2ccccc21.CN.O=S(=O)=O.O=S(=O)=O. The number of anilines is 2. The van der Waals surface area contributed by atoms with E-state index in [1.54, 1.807) is 0 Å². The molecule has 127 heavy (non-hydrogen) atoms. The molecule has 0 bridgehead atoms. The van der Waals surface area contributed by atoms with Gasteiger partial charge in [-0.15, -0.1) is 30.3 Å². The van der Waals surface area contributed by atoms with Gasteiger partial charge in [-0.05, 0) is 154 Å². The Balaban J connectivity index is 0.000000317. The number of benzene rings is 4. The quantitative estimate of drug-likeness (QED) is 0.00585. The van der Waals surface area contributed by atoms with Crippen molar-refractivity contribution >= 4 is 135 Å². The highest BCUT2D eigenvalue weighted by Gasteiger charge is 2.50. The molecule has 4 aromatic carbocycles. The Morgan fingerprint density at radius 3 is 1.24 bits per heavy atom. The normalized spacial score (nSPS) is 17.7. The van der Waals surface area contributed by atoms with Crippen LogP contribution in [0.1, 0.15) is 168 Å². The maximum absolute atomic E-state index is 14.5. The molecule has 3 aliphatic heterocycles. The number of aryl methyl sites for hydroxylation is 2. The number of hydrogen-bond donors (Lipinski definition) is 8. The number of rotatable bonds is 39. The van der Waals surface area contributed by atoms with Crippen LogP contribution in [0.4, 0.5) is 11.4 Å². The molecule has 1 saturated heterocycles. The number of carbonyl (C=O) groups is 8. The van der Waals surface area contributed by atoms with Gasteiger partial charge in [0, 0.05) is 89.9 Å². The van der Waals surface area contributed by atoms with Crippen molar-refractivity contribution in [2.24, 2.45) is 16.6 Å². The fraction of sp³-hybridized carbons (Fsp3) is 0.425. The topological polar surface area (TPSA) is 514 Å². The number of aliphatic carboxylic acids is 1. The summed E-state index contributed by atoms with van der Waals surface area (Å²) in [6.45, 7) is 10.7. The van der Waals surface area contributed by atoms with E-state index in [1.807, 2.05) is 158 Å². The molecule has 6 aromatic rings. The second kappa shape index (κ2) is 50.3. The van der Waals surface area contributed by atoms with Crippen molar-refractivity contribution in [3.63, 3.8) is 0 Å². The molecule has 0 saturated carbocycles. The van der Waals surface area contributed by atoms with Crippen LogP contribution in [0.3, 0.4) is 0 Å². The minimum Gasteiger partial charge on any atom is -0.481 e. The number of hydrogen-bond acceptors (Lipinski definition) is 26. The number of nitrogens with zero attached hydrogens (tertiary/aromatic N) is 5. The number of hydroxylamine groups is 2. The lowest BCUT2D eigenvalue weighted by Gasteiger charge is -2.35. The fourth-order valence-corrected chi connectivity index (χ4v) is 15.2. The van der Waals surface area contributed by atoms with Crippen molar-refractivity contribution in [2.45, 2.75) is 169 Å². The van der Waals surface area contributed by atoms with E-state index in [2.05, 4.69) is 73.6 Å². The molecule has 5 aliphatic rings. The Hall–Kier alpha value is -12.1. The number of nitrogens with one attached hydrogen (secondary N) is 4. The Kier molecular flexibility index (Phi) is 40.4. The number of unbranched alkanes of at least 4 members (excludes halogenated alkanes) is 6. The second-order valence-electron chi connectivity index (χ2n) is 29.8. The molecule has 0 spiro atoms. The highest BCUT2D eigenvalue weighted by Crippen LogP contribution is 2.45. The number of carboxylic acids is 1. The van der Waals surface area contributed by atoms with Gasteiger partial charge >= 0.3 is 44.9 Å². The van der Waals surface area contributed by atoms with E-state index < -0.39 is 124 Å². The van der Waals surface area contributed by atoms with E-state index in [9.17, 15) is 64.3 Å². The van der Waals surface area contributed by atoms with Gasteiger partial charge in [-0.1, -0.05) is 126 Å². The molecule has 2 aliphatic carbocycles. The first-order valence-corrected chi connectivity index (χ1v) is 46.9. The van der Waals surface area contributed by atoms with Crippen molar-refractivity contribution in [3.8, 4) is 11.5 Å². The highest BCUT2D eigenvalue weighted by molar-refractivity contribution is 7.86. The largest absolute Gasteiger partial charge is 0.481 e. The lowest BCUT2D eigenvalue weighted by molar-refractivity contribution is -0.678. The van der Waals surface area contributed by atoms with Gasteiger partial charge in [0.2, 0.25) is 46.6 Å². The summed E-state index contributed by atoms with van der Waals surface area (Å²) >= 11 is 0. The number of ether oxygens (including phenoxy) is 2. The number of fused-ring (bicyclic) bond motifs is 4. The Morgan fingerprint density at radius 1 is 0.488 bits per heavy atom. The molecule has 5 heterocycles. The number of oxazole rings is 2. The van der Waals surface area contributed by atoms with Crippen LogP contribution in [-0.2, 0) is 97.7 Å². The number of imide groups is 1. The highest BCUT2D eigenvalue weighted by atomic mass is 32.2. The number of carbonyl (C=O) groups excluding carboxylic acids is 7. The minimum absolute atomic E-state index is 0.00440. The third-order valence-electron chi connectivity index (χ3n) is 20.4. The molecule has 2 aromatic heterocycles. The molecule has 0 radical (unpaired) electrons. The number of allylic oxidation sites excluding steroid dienone is 12. The standard InChI is InChI=1S/C45H53N5O11S.C41H50N4O9S.CH5N.2O3S/c1-3-5-27-49-35-14-9-11-16-37(35)60-41(49)23-19-33-29-32(18-22-40-48(26-4-2)34-13-8-10-15-36(34)59-40)30-45(31-33,44(55)47-25-28-62(56,57)58)43(54)46-24-12-6-7-17-42(53)61-50-38(51)20-21-39(50)52;1-3-5-25-45-33-14-9-11-16-35(33)54-37(45)21-19-31-27-30(18-20-36-44(24-4-2)32-13-8-10-15-34(32)53-36)28-41(29-31,40(49)43-23-26-55(50,51)52)39(48)42-22-12-6-7-17-38(46)47;1-2;2*1-4(2)3/h8-11,13-16,18-19,22-23,29H,3-7,12,17,20-21,24-28,30-31H2,1-2H3,(H2-,46,47,54,55,56,57,58);8-11,13-16,18-21,27H,3-7,12,17,22-26,28-29H2,1-2H3,(H3-,42,43,46,47,48,49,50,51,52);2H2,1H3;;/p+2. The monoisotopic (exact) mass is 1840 g/mol. The number of amides is 6. The van der Waals surface area contributed by atoms with Gasteiger partial charge < -0.3 is 65.1 Å². The lowest BCUT2D eigenvalue weighted by Crippen LogP contribution is -2.53. The van der Waals surface area contributed by atoms with Gasteiger partial charge in [0.15, 0.2) is 24.6 Å². The summed E-state index contributed by atoms with van der Waals surface area (Å²) in [6.07, 6.45) is 26.6. The Morgan fingerprint density at radius 2 is 0.858 bits per heavy atom. The van der Waals surface area contributed by atoms with E-state index in [0.29, 0.717) is 120 Å². The lowest BCUT2D eigenvalue weighted by atomic mass is 9.70. The molecule has 9 N–H and O–H groups in total. The zero-order valence-corrected chi connectivity index (χ0v) is 74.7. The van der Waals surface area contributed by atoms with Crippen molar-refractivity contribution < 1.29 is 127 Å². The predicted octanol–water partition coefficient (Wildman–Crippen LogP) is 9.25. The predicted molar refractivity (Wildman–Crippen MR) is 468 cm³/mol. The molecule has 2 atom stereocenters. The van der Waals surface area contributed by atoms with Crippen LogP contribution in [-0.4, -0.2) is 167 Å². The summed E-state index contributed by atoms with van der Waals surface area (Å²) in [5.41, 5.74) is 8.76. The van der Waals surface area contributed by atoms with E-state index in [-0.39, 0.29) is 64.5 Å². The van der Waals surface area contributed by atoms with Crippen molar-refractivity contribution in [1.82, 2.24) is 26.3 Å². The number of para-hydroxylation sites is 8. The van der Waals surface area contributed by atoms with Crippen LogP contribution < -0.4 is 55.4 Å². The van der Waals surface area contributed by atoms with Crippen LogP contribution in [0.25, 0.3) is 34.4 Å². The van der Waals surface area contributed by atoms with Crippen LogP contribution in [0.15, 0.2) is 189 Å². The first kappa shape index (κ1) is 102. The molecule has 1 fully saturated rings. The summed E-state index contributed by atoms with van der Waals surface area (Å²) in [7, 11) is -13.5. The van der Waals surface area contributed by atoms with E-state index in [1.165, 1.54) is 7.05 Å². The molecule has 6 amide bonds. The molecular formula is C87H110N10O26S4+2. The molecule has 686 valence electrons. The number of nitrogens with two attached hydrogens (primary N) is 1. The first-order valence-electron chi connectivity index (χ1n) is 41.7. The molecule has 2 unspecified atom stereocenters. The van der Waals surface area contributed by atoms with Gasteiger partial charge in [-0.2, -0.15) is 26.0 Å². The third-order valence-corrected chi connectivity index (χ3v) is 21.8. The van der Waals surface area contributed by atoms with E-state index >= 15 is 0 Å². The maximum Gasteiger partial charge on any atom is 0.425 e. The Bertz CT molecular complexity index is 5620. The summed E-state index contributed by atoms with van der Waals surface area (Å²) in [6, 6.07) is 30.9. The van der Waals surface area contributed by atoms with E-state index in [4.69, 9.17) is 53.5 Å². The van der Waals surface area contributed by atoms with Gasteiger partial charge in [0.05, 0.1) is 35.0 Å². The van der Waals surface area contributed by atoms with Gasteiger partial charge in [0.25, 0.3) is 43.1 Å². The smallest absolute Gasteiger partial charge is 0.425 e. The number of aromatic nitrogens is 2. The van der Waals surface area contributed by atoms with E-state index in [0.717, 1.165) is 78.8 Å². The van der Waals surface area contributed by atoms with Gasteiger partial charge in [-0.25, -0.2) is 4.79 Å². The zero-order chi connectivity index (χ0) is 92.9. The first-order chi connectivity index (χ1) is 60.7. The molecule has 11 rings (SSSR count). The van der Waals surface area contributed by atoms with Crippen molar-refractivity contribution in [3.05, 3.63) is 192 Å². The average Bonchev–Trinajstić information content (AvgIpc) is 1.55. The third kappa shape index (κ3) is 30.9. The fourth-order valence-electron chi connectivity index (χ4n) is 14.5. The molecular weight excluding hydrogens is 1730 g/mol. The van der Waals surface area contributed by atoms with Crippen molar-refractivity contribution in [1.29, 1.82) is 0 Å². The van der Waals surface area contributed by atoms with Crippen molar-refractivity contribution in [2.75, 3.05) is 67.6 Å². The zero-order valence-electron chi connectivity index (χ0n) is 71.4. The van der Waals surface area contributed by atoms with Crippen LogP contribution in [0.5, 0.6) is 11.5 Å². The van der Waals surface area contributed by atoms with Crippen LogP contribution >= 0.6 is 0 Å². The molecule has 40 heteroatoms. The van der Waals surface area contributed by atoms with Gasteiger partial charge in [-0.3, -0.25) is 42.7 Å². The number of carboxylic acid groups (broad SMARTS) is 1. The summed E-state index contributed by atoms with van der Waals surface area (Å²) in [4.78, 5) is 113. The maximum atomic E-state index is 14.5. The van der Waals surface area contributed by atoms with Gasteiger partial charge in [0.1, 0.15) is 10.8 Å². The minimum atomic E-state index is -4.42. The molecule has 36 nitrogen and oxygen atoms in total. The average molecular weight is 1840 g/mol. The summed E-state index contributed by atoms with van der Waals surface area (Å²) in [5.74, 6) is -2.94. The van der Waals surface area contributed by atoms with Crippen LogP contribution in [0, 0.1) is 10.8 Å². The summed E-state index contributed by atoms with van der Waals surface area (Å²) < 4.78 is 145. The van der Waals surface area contributed by atoms with Crippen LogP contribution in [0.2, 0.25) is 0 Å².